The highest BCUT2D eigenvalue weighted by molar-refractivity contribution is 7.89. The van der Waals surface area contributed by atoms with Crippen molar-refractivity contribution in [1.29, 1.82) is 0 Å². The Bertz CT molecular complexity index is 1030. The molecule has 0 bridgehead atoms. The summed E-state index contributed by atoms with van der Waals surface area (Å²) in [6.07, 6.45) is 2.92. The van der Waals surface area contributed by atoms with Crippen LogP contribution < -0.4 is 15.4 Å². The van der Waals surface area contributed by atoms with Crippen LogP contribution in [0.15, 0.2) is 29.2 Å². The molecule has 0 unspecified atom stereocenters. The van der Waals surface area contributed by atoms with Crippen molar-refractivity contribution in [2.75, 3.05) is 19.6 Å². The first-order chi connectivity index (χ1) is 17.9. The molecule has 1 fully saturated rings. The molecule has 3 N–H and O–H groups in total. The van der Waals surface area contributed by atoms with Gasteiger partial charge in [-0.25, -0.2) is 8.42 Å². The number of sulfonamides is 1. The zero-order valence-corrected chi connectivity index (χ0v) is 24.6. The lowest BCUT2D eigenvalue weighted by Crippen LogP contribution is -2.54. The molecule has 0 saturated carbocycles. The molecule has 1 aromatic carbocycles. The van der Waals surface area contributed by atoms with E-state index in [1.807, 2.05) is 41.5 Å². The van der Waals surface area contributed by atoms with Gasteiger partial charge in [-0.1, -0.05) is 58.7 Å². The fourth-order valence-corrected chi connectivity index (χ4v) is 5.82. The number of likely N-dealkylation sites (tertiary alicyclic amines) is 1. The average Bonchev–Trinajstić information content (AvgIpc) is 2.89. The second-order valence-electron chi connectivity index (χ2n) is 10.9. The maximum absolute atomic E-state index is 13.5. The fourth-order valence-electron chi connectivity index (χ4n) is 4.52. The molecule has 1 aliphatic heterocycles. The van der Waals surface area contributed by atoms with Crippen LogP contribution in [-0.4, -0.2) is 62.8 Å². The molecule has 3 amide bonds. The molecule has 1 aromatic rings. The number of piperidine rings is 1. The number of benzene rings is 1. The van der Waals surface area contributed by atoms with E-state index in [9.17, 15) is 22.8 Å². The molecule has 9 nitrogen and oxygen atoms in total. The molecule has 214 valence electrons. The highest BCUT2D eigenvalue weighted by Crippen LogP contribution is 2.22. The van der Waals surface area contributed by atoms with E-state index in [0.29, 0.717) is 45.3 Å². The summed E-state index contributed by atoms with van der Waals surface area (Å²) in [7, 11) is -3.88. The topological polar surface area (TPSA) is 125 Å². The molecule has 38 heavy (non-hydrogen) atoms. The maximum atomic E-state index is 13.5. The quantitative estimate of drug-likeness (QED) is 0.348. The van der Waals surface area contributed by atoms with Gasteiger partial charge in [0.15, 0.2) is 0 Å². The third-order valence-electron chi connectivity index (χ3n) is 7.16. The Hall–Kier alpha value is -2.46. The summed E-state index contributed by atoms with van der Waals surface area (Å²) in [6.45, 7) is 12.9. The Morgan fingerprint density at radius 2 is 1.63 bits per heavy atom. The maximum Gasteiger partial charge on any atom is 0.242 e. The second kappa shape index (κ2) is 14.6. The minimum Gasteiger partial charge on any atom is -0.354 e. The number of rotatable bonds is 13. The van der Waals surface area contributed by atoms with Crippen molar-refractivity contribution in [3.05, 3.63) is 29.8 Å². The van der Waals surface area contributed by atoms with E-state index >= 15 is 0 Å². The lowest BCUT2D eigenvalue weighted by molar-refractivity contribution is -0.138. The normalized spacial score (nSPS) is 17.1. The third kappa shape index (κ3) is 9.08. The van der Waals surface area contributed by atoms with Crippen LogP contribution in [0.5, 0.6) is 0 Å². The first kappa shape index (κ1) is 31.8. The molecule has 3 atom stereocenters. The van der Waals surface area contributed by atoms with Crippen molar-refractivity contribution in [2.45, 2.75) is 90.6 Å². The van der Waals surface area contributed by atoms with Gasteiger partial charge in [-0.15, -0.1) is 0 Å². The molecule has 0 spiro atoms. The van der Waals surface area contributed by atoms with Gasteiger partial charge < -0.3 is 15.5 Å². The van der Waals surface area contributed by atoms with E-state index in [1.165, 1.54) is 12.1 Å². The summed E-state index contributed by atoms with van der Waals surface area (Å²) >= 11 is 0. The number of amides is 3. The highest BCUT2D eigenvalue weighted by atomic mass is 32.2. The van der Waals surface area contributed by atoms with Crippen molar-refractivity contribution in [1.82, 2.24) is 20.3 Å². The van der Waals surface area contributed by atoms with Gasteiger partial charge in [0.2, 0.25) is 27.7 Å². The van der Waals surface area contributed by atoms with E-state index in [-0.39, 0.29) is 40.4 Å². The number of nitrogens with one attached hydrogen (secondary N) is 3. The Balaban J connectivity index is 2.04. The van der Waals surface area contributed by atoms with Crippen molar-refractivity contribution >= 4 is 27.7 Å². The van der Waals surface area contributed by atoms with Crippen LogP contribution in [0.4, 0.5) is 0 Å². The second-order valence-corrected chi connectivity index (χ2v) is 12.6. The number of nitrogens with zero attached hydrogens (tertiary/aromatic N) is 1. The predicted octanol–water partition coefficient (Wildman–Crippen LogP) is 2.98. The van der Waals surface area contributed by atoms with Crippen molar-refractivity contribution in [3.8, 4) is 0 Å². The molecule has 10 heteroatoms. The van der Waals surface area contributed by atoms with Crippen LogP contribution in [0, 0.1) is 24.7 Å². The molecule has 1 saturated heterocycles. The van der Waals surface area contributed by atoms with Crippen molar-refractivity contribution < 1.29 is 22.8 Å². The molecule has 0 radical (unpaired) electrons. The van der Waals surface area contributed by atoms with Crippen LogP contribution in [-0.2, 0) is 24.4 Å². The van der Waals surface area contributed by atoms with Gasteiger partial charge >= 0.3 is 0 Å². The average molecular weight is 551 g/mol. The number of carbonyl (C=O) groups excluding carboxylic acids is 3. The van der Waals surface area contributed by atoms with Crippen LogP contribution in [0.1, 0.15) is 72.3 Å². The van der Waals surface area contributed by atoms with E-state index in [4.69, 9.17) is 0 Å². The van der Waals surface area contributed by atoms with Crippen molar-refractivity contribution in [3.63, 3.8) is 0 Å². The van der Waals surface area contributed by atoms with Gasteiger partial charge in [-0.05, 0) is 56.6 Å². The summed E-state index contributed by atoms with van der Waals surface area (Å²) in [5.41, 5.74) is 0.947. The van der Waals surface area contributed by atoms with Crippen LogP contribution in [0.2, 0.25) is 0 Å². The van der Waals surface area contributed by atoms with Gasteiger partial charge in [-0.2, -0.15) is 4.72 Å². The van der Waals surface area contributed by atoms with Crippen LogP contribution in [0.25, 0.3) is 0 Å². The van der Waals surface area contributed by atoms with Gasteiger partial charge in [-0.3, -0.25) is 14.4 Å². The predicted molar refractivity (Wildman–Crippen MR) is 149 cm³/mol. The summed E-state index contributed by atoms with van der Waals surface area (Å²) in [5.74, 6) is -0.883. The van der Waals surface area contributed by atoms with E-state index in [2.05, 4.69) is 15.4 Å². The molecule has 1 aliphatic rings. The molecular formula is C28H46N4O5S. The Morgan fingerprint density at radius 1 is 1.03 bits per heavy atom. The number of carbonyl (C=O) groups is 3. The standard InChI is InChI=1S/C28H46N4O5S/c1-7-15-29-27(34)24(18-19(3)4)30-26(33)22-13-16-32(17-14-22)28(35)25(21(6)8-2)31-38(36,37)23-11-9-20(5)10-12-23/h9-12,19,21-22,24-25,31H,7-8,13-18H2,1-6H3,(H,29,34)(H,30,33)/t21-,24+,25+/m1/s1. The van der Waals surface area contributed by atoms with E-state index in [0.717, 1.165) is 12.0 Å². The third-order valence-corrected chi connectivity index (χ3v) is 8.62. The minimum absolute atomic E-state index is 0.124. The van der Waals surface area contributed by atoms with Crippen molar-refractivity contribution in [2.24, 2.45) is 17.8 Å². The minimum atomic E-state index is -3.88. The zero-order chi connectivity index (χ0) is 28.5. The highest BCUT2D eigenvalue weighted by Gasteiger charge is 2.36. The summed E-state index contributed by atoms with van der Waals surface area (Å²) in [4.78, 5) is 40.8. The van der Waals surface area contributed by atoms with Gasteiger partial charge in [0.1, 0.15) is 12.1 Å². The summed E-state index contributed by atoms with van der Waals surface area (Å²) < 4.78 is 28.7. The molecular weight excluding hydrogens is 504 g/mol. The number of hydrogen-bond acceptors (Lipinski definition) is 5. The Morgan fingerprint density at radius 3 is 2.16 bits per heavy atom. The lowest BCUT2D eigenvalue weighted by Gasteiger charge is -2.35. The van der Waals surface area contributed by atoms with Gasteiger partial charge in [0.25, 0.3) is 0 Å². The molecule has 1 heterocycles. The molecule has 0 aliphatic carbocycles. The fraction of sp³-hybridized carbons (Fsp3) is 0.679. The van der Waals surface area contributed by atoms with E-state index in [1.54, 1.807) is 17.0 Å². The van der Waals surface area contributed by atoms with Crippen LogP contribution in [0.3, 0.4) is 0 Å². The monoisotopic (exact) mass is 550 g/mol. The first-order valence-corrected chi connectivity index (χ1v) is 15.3. The Kier molecular flexibility index (Phi) is 12.2. The van der Waals surface area contributed by atoms with Crippen LogP contribution >= 0.6 is 0 Å². The lowest BCUT2D eigenvalue weighted by atomic mass is 9.93. The Labute approximate surface area is 228 Å². The van der Waals surface area contributed by atoms with E-state index < -0.39 is 22.1 Å². The summed E-state index contributed by atoms with van der Waals surface area (Å²) in [5, 5.41) is 5.80. The van der Waals surface area contributed by atoms with Gasteiger partial charge in [0, 0.05) is 25.6 Å². The summed E-state index contributed by atoms with van der Waals surface area (Å²) in [6, 6.07) is 5.05. The molecule has 2 rings (SSSR count). The first-order valence-electron chi connectivity index (χ1n) is 13.8. The number of hydrogen-bond donors (Lipinski definition) is 3. The smallest absolute Gasteiger partial charge is 0.242 e. The SMILES string of the molecule is CCCNC(=O)[C@H](CC(C)C)NC(=O)C1CCN(C(=O)[C@@H](NS(=O)(=O)c2ccc(C)cc2)[C@H](C)CC)CC1. The largest absolute Gasteiger partial charge is 0.354 e. The zero-order valence-electron chi connectivity index (χ0n) is 23.7. The number of aryl methyl sites for hydroxylation is 1. The molecule has 0 aromatic heterocycles. The van der Waals surface area contributed by atoms with Gasteiger partial charge in [0.05, 0.1) is 4.90 Å².